The molecule has 24 heavy (non-hydrogen) atoms. The van der Waals surface area contributed by atoms with Gasteiger partial charge in [0, 0.05) is 13.1 Å². The maximum Gasteiger partial charge on any atom is 0.238 e. The van der Waals surface area contributed by atoms with Crippen molar-refractivity contribution >= 4 is 29.1 Å². The standard InChI is InChI=1S/C17H24ClN3O3/c1-12-8-21(9-13(2)24-12)17(23)11-20(3)10-16(22)19-15-7-5-4-6-14(15)18/h4-7,12-13H,8-11H2,1-3H3,(H,19,22)/t12-,13+. The monoisotopic (exact) mass is 353 g/mol. The van der Waals surface area contributed by atoms with Crippen LogP contribution in [0.15, 0.2) is 24.3 Å². The second-order valence-electron chi connectivity index (χ2n) is 6.26. The van der Waals surface area contributed by atoms with Crippen molar-refractivity contribution in [2.45, 2.75) is 26.1 Å². The molecule has 1 fully saturated rings. The highest BCUT2D eigenvalue weighted by molar-refractivity contribution is 6.33. The summed E-state index contributed by atoms with van der Waals surface area (Å²) in [5.74, 6) is -0.202. The first-order valence-electron chi connectivity index (χ1n) is 8.01. The Kier molecular flexibility index (Phi) is 6.60. The van der Waals surface area contributed by atoms with Crippen LogP contribution in [0.3, 0.4) is 0 Å². The molecule has 2 atom stereocenters. The molecule has 1 aliphatic heterocycles. The van der Waals surface area contributed by atoms with Crippen molar-refractivity contribution in [3.63, 3.8) is 0 Å². The normalized spacial score (nSPS) is 21.0. The summed E-state index contributed by atoms with van der Waals surface area (Å²) in [6.45, 7) is 5.39. The summed E-state index contributed by atoms with van der Waals surface area (Å²) in [5, 5.41) is 3.24. The topological polar surface area (TPSA) is 61.9 Å². The van der Waals surface area contributed by atoms with E-state index in [2.05, 4.69) is 5.32 Å². The lowest BCUT2D eigenvalue weighted by atomic mass is 10.2. The third-order valence-corrected chi connectivity index (χ3v) is 4.07. The van der Waals surface area contributed by atoms with Crippen LogP contribution < -0.4 is 5.32 Å². The van der Waals surface area contributed by atoms with Crippen LogP contribution in [0.1, 0.15) is 13.8 Å². The van der Waals surface area contributed by atoms with Gasteiger partial charge in [0.05, 0.1) is 36.0 Å². The quantitative estimate of drug-likeness (QED) is 0.877. The third-order valence-electron chi connectivity index (χ3n) is 3.74. The Bertz CT molecular complexity index is 586. The van der Waals surface area contributed by atoms with E-state index >= 15 is 0 Å². The predicted molar refractivity (Wildman–Crippen MR) is 94.2 cm³/mol. The number of ether oxygens (including phenoxy) is 1. The van der Waals surface area contributed by atoms with E-state index in [9.17, 15) is 9.59 Å². The van der Waals surface area contributed by atoms with Crippen LogP contribution in [0.4, 0.5) is 5.69 Å². The molecule has 1 N–H and O–H groups in total. The van der Waals surface area contributed by atoms with Gasteiger partial charge in [0.2, 0.25) is 11.8 Å². The Morgan fingerprint density at radius 3 is 2.50 bits per heavy atom. The average molecular weight is 354 g/mol. The molecule has 2 amide bonds. The molecular weight excluding hydrogens is 330 g/mol. The van der Waals surface area contributed by atoms with Crippen molar-refractivity contribution in [3.05, 3.63) is 29.3 Å². The number of likely N-dealkylation sites (N-methyl/N-ethyl adjacent to an activating group) is 1. The van der Waals surface area contributed by atoms with Crippen LogP contribution in [-0.2, 0) is 14.3 Å². The maximum absolute atomic E-state index is 12.4. The van der Waals surface area contributed by atoms with Crippen molar-refractivity contribution < 1.29 is 14.3 Å². The second-order valence-corrected chi connectivity index (χ2v) is 6.66. The molecule has 0 unspecified atom stereocenters. The lowest BCUT2D eigenvalue weighted by molar-refractivity contribution is -0.144. The van der Waals surface area contributed by atoms with Crippen LogP contribution in [0.25, 0.3) is 0 Å². The molecule has 0 radical (unpaired) electrons. The first kappa shape index (κ1) is 18.7. The Labute approximate surface area is 147 Å². The van der Waals surface area contributed by atoms with Crippen molar-refractivity contribution in [2.24, 2.45) is 0 Å². The van der Waals surface area contributed by atoms with Gasteiger partial charge in [-0.25, -0.2) is 0 Å². The molecule has 7 heteroatoms. The van der Waals surface area contributed by atoms with E-state index < -0.39 is 0 Å². The van der Waals surface area contributed by atoms with Crippen LogP contribution in [0, 0.1) is 0 Å². The van der Waals surface area contributed by atoms with Gasteiger partial charge in [-0.2, -0.15) is 0 Å². The number of amides is 2. The summed E-state index contributed by atoms with van der Waals surface area (Å²) < 4.78 is 5.63. The third kappa shape index (κ3) is 5.47. The van der Waals surface area contributed by atoms with Crippen molar-refractivity contribution in [1.29, 1.82) is 0 Å². The molecule has 132 valence electrons. The zero-order chi connectivity index (χ0) is 17.7. The summed E-state index contributed by atoms with van der Waals surface area (Å²) in [6.07, 6.45) is 0.0676. The maximum atomic E-state index is 12.4. The predicted octanol–water partition coefficient (Wildman–Crippen LogP) is 1.85. The van der Waals surface area contributed by atoms with Gasteiger partial charge >= 0.3 is 0 Å². The van der Waals surface area contributed by atoms with Gasteiger partial charge in [0.1, 0.15) is 0 Å². The number of nitrogens with one attached hydrogen (secondary N) is 1. The minimum Gasteiger partial charge on any atom is -0.372 e. The molecule has 0 spiro atoms. The van der Waals surface area contributed by atoms with Gasteiger partial charge in [0.25, 0.3) is 0 Å². The molecule has 1 aliphatic rings. The summed E-state index contributed by atoms with van der Waals surface area (Å²) in [5.41, 5.74) is 0.569. The fraction of sp³-hybridized carbons (Fsp3) is 0.529. The average Bonchev–Trinajstić information content (AvgIpc) is 2.48. The number of hydrogen-bond donors (Lipinski definition) is 1. The molecule has 1 aromatic rings. The largest absolute Gasteiger partial charge is 0.372 e. The molecule has 1 aromatic carbocycles. The van der Waals surface area contributed by atoms with Crippen LogP contribution in [0.5, 0.6) is 0 Å². The van der Waals surface area contributed by atoms with E-state index in [1.807, 2.05) is 13.8 Å². The molecule has 1 heterocycles. The Morgan fingerprint density at radius 2 is 1.88 bits per heavy atom. The second kappa shape index (κ2) is 8.46. The SMILES string of the molecule is C[C@@H]1CN(C(=O)CN(C)CC(=O)Nc2ccccc2Cl)C[C@H](C)O1. The van der Waals surface area contributed by atoms with E-state index in [0.29, 0.717) is 23.8 Å². The number of carbonyl (C=O) groups is 2. The number of benzene rings is 1. The van der Waals surface area contributed by atoms with Crippen LogP contribution in [-0.4, -0.2) is 67.0 Å². The molecule has 1 saturated heterocycles. The highest BCUT2D eigenvalue weighted by atomic mass is 35.5. The van der Waals surface area contributed by atoms with E-state index in [1.165, 1.54) is 0 Å². The van der Waals surface area contributed by atoms with E-state index in [-0.39, 0.29) is 37.1 Å². The number of para-hydroxylation sites is 1. The minimum absolute atomic E-state index is 0.00467. The Balaban J connectivity index is 1.81. The van der Waals surface area contributed by atoms with Gasteiger partial charge in [-0.05, 0) is 33.0 Å². The number of halogens is 1. The molecular formula is C17H24ClN3O3. The van der Waals surface area contributed by atoms with E-state index in [4.69, 9.17) is 16.3 Å². The number of carbonyl (C=O) groups excluding carboxylic acids is 2. The molecule has 0 aromatic heterocycles. The van der Waals surface area contributed by atoms with Crippen molar-refractivity contribution in [3.8, 4) is 0 Å². The van der Waals surface area contributed by atoms with E-state index in [1.54, 1.807) is 41.1 Å². The number of anilines is 1. The first-order chi connectivity index (χ1) is 11.3. The number of nitrogens with zero attached hydrogens (tertiary/aromatic N) is 2. The number of rotatable bonds is 5. The Morgan fingerprint density at radius 1 is 1.25 bits per heavy atom. The summed E-state index contributed by atoms with van der Waals surface area (Å²) in [4.78, 5) is 27.9. The zero-order valence-electron chi connectivity index (χ0n) is 14.3. The number of hydrogen-bond acceptors (Lipinski definition) is 4. The van der Waals surface area contributed by atoms with E-state index in [0.717, 1.165) is 0 Å². The Hall–Kier alpha value is -1.63. The molecule has 0 bridgehead atoms. The van der Waals surface area contributed by atoms with Gasteiger partial charge in [-0.3, -0.25) is 14.5 Å². The lowest BCUT2D eigenvalue weighted by Gasteiger charge is -2.36. The number of morpholine rings is 1. The minimum atomic E-state index is -0.206. The summed E-state index contributed by atoms with van der Waals surface area (Å²) in [6, 6.07) is 7.05. The van der Waals surface area contributed by atoms with Gasteiger partial charge in [0.15, 0.2) is 0 Å². The van der Waals surface area contributed by atoms with Gasteiger partial charge in [-0.1, -0.05) is 23.7 Å². The van der Waals surface area contributed by atoms with Crippen LogP contribution in [0.2, 0.25) is 5.02 Å². The molecule has 2 rings (SSSR count). The summed E-state index contributed by atoms with van der Waals surface area (Å²) in [7, 11) is 1.75. The van der Waals surface area contributed by atoms with Gasteiger partial charge in [-0.15, -0.1) is 0 Å². The smallest absolute Gasteiger partial charge is 0.238 e. The zero-order valence-corrected chi connectivity index (χ0v) is 15.0. The highest BCUT2D eigenvalue weighted by Gasteiger charge is 2.26. The fourth-order valence-electron chi connectivity index (χ4n) is 2.77. The molecule has 0 saturated carbocycles. The fourth-order valence-corrected chi connectivity index (χ4v) is 2.95. The first-order valence-corrected chi connectivity index (χ1v) is 8.39. The van der Waals surface area contributed by atoms with Crippen molar-refractivity contribution in [1.82, 2.24) is 9.80 Å². The van der Waals surface area contributed by atoms with Gasteiger partial charge < -0.3 is 15.0 Å². The van der Waals surface area contributed by atoms with Crippen molar-refractivity contribution in [2.75, 3.05) is 38.5 Å². The highest BCUT2D eigenvalue weighted by Crippen LogP contribution is 2.20. The molecule has 0 aliphatic carbocycles. The summed E-state index contributed by atoms with van der Waals surface area (Å²) >= 11 is 6.02. The molecule has 6 nitrogen and oxygen atoms in total. The lowest BCUT2D eigenvalue weighted by Crippen LogP contribution is -2.51. The van der Waals surface area contributed by atoms with Crippen LogP contribution >= 0.6 is 11.6 Å².